The Balaban J connectivity index is 1.89. The van der Waals surface area contributed by atoms with Gasteiger partial charge in [-0.3, -0.25) is 9.59 Å². The van der Waals surface area contributed by atoms with Crippen molar-refractivity contribution in [1.82, 2.24) is 0 Å². The highest BCUT2D eigenvalue weighted by Crippen LogP contribution is 2.37. The molecular weight excluding hydrogens is 412 g/mol. The molecule has 5 heteroatoms. The molecule has 1 heterocycles. The van der Waals surface area contributed by atoms with Crippen LogP contribution in [0.4, 0.5) is 11.4 Å². The number of hydrogen-bond donors (Lipinski definition) is 1. The van der Waals surface area contributed by atoms with Crippen LogP contribution in [0.5, 0.6) is 5.75 Å². The van der Waals surface area contributed by atoms with E-state index in [-0.39, 0.29) is 17.5 Å². The third-order valence-electron chi connectivity index (χ3n) is 5.96. The van der Waals surface area contributed by atoms with E-state index in [0.29, 0.717) is 28.3 Å². The molecule has 3 aromatic carbocycles. The number of benzene rings is 3. The van der Waals surface area contributed by atoms with E-state index in [0.717, 1.165) is 27.8 Å². The molecule has 0 aromatic heterocycles. The number of aryl methyl sites for hydroxylation is 5. The number of nitrogens with one attached hydrogen (secondary N) is 1. The maximum atomic E-state index is 13.7. The van der Waals surface area contributed by atoms with Crippen molar-refractivity contribution < 1.29 is 14.3 Å². The molecule has 0 bridgehead atoms. The minimum absolute atomic E-state index is 0.242. The summed E-state index contributed by atoms with van der Waals surface area (Å²) in [6, 6.07) is 17.2. The summed E-state index contributed by atoms with van der Waals surface area (Å²) in [4.78, 5) is 28.7. The highest BCUT2D eigenvalue weighted by atomic mass is 16.5. The van der Waals surface area contributed by atoms with Crippen molar-refractivity contribution in [2.75, 3.05) is 17.3 Å². The van der Waals surface area contributed by atoms with Gasteiger partial charge in [-0.15, -0.1) is 0 Å². The predicted octanol–water partition coefficient (Wildman–Crippen LogP) is 5.63. The van der Waals surface area contributed by atoms with Crippen LogP contribution in [0.25, 0.3) is 5.57 Å². The van der Waals surface area contributed by atoms with Gasteiger partial charge in [-0.05, 0) is 92.3 Å². The fraction of sp³-hybridized carbons (Fsp3) is 0.214. The average molecular weight is 441 g/mol. The molecule has 0 unspecified atom stereocenters. The smallest absolute Gasteiger partial charge is 0.282 e. The quantitative estimate of drug-likeness (QED) is 0.522. The zero-order valence-electron chi connectivity index (χ0n) is 19.9. The Labute approximate surface area is 194 Å². The Hall–Kier alpha value is -3.86. The highest BCUT2D eigenvalue weighted by molar-refractivity contribution is 6.46. The highest BCUT2D eigenvalue weighted by Gasteiger charge is 2.40. The molecule has 0 spiro atoms. The van der Waals surface area contributed by atoms with Gasteiger partial charge in [0.15, 0.2) is 0 Å². The maximum Gasteiger partial charge on any atom is 0.282 e. The van der Waals surface area contributed by atoms with Crippen LogP contribution < -0.4 is 15.0 Å². The number of rotatable bonds is 5. The average Bonchev–Trinajstić information content (AvgIpc) is 2.99. The molecule has 0 aliphatic carbocycles. The van der Waals surface area contributed by atoms with Crippen molar-refractivity contribution in [3.63, 3.8) is 0 Å². The zero-order valence-corrected chi connectivity index (χ0v) is 19.9. The van der Waals surface area contributed by atoms with Crippen LogP contribution in [-0.4, -0.2) is 18.9 Å². The summed E-state index contributed by atoms with van der Waals surface area (Å²) < 4.78 is 5.50. The van der Waals surface area contributed by atoms with E-state index in [1.54, 1.807) is 7.11 Å². The van der Waals surface area contributed by atoms with Crippen molar-refractivity contribution in [2.24, 2.45) is 0 Å². The van der Waals surface area contributed by atoms with Crippen molar-refractivity contribution in [1.29, 1.82) is 0 Å². The monoisotopic (exact) mass is 440 g/mol. The lowest BCUT2D eigenvalue weighted by Gasteiger charge is -2.17. The Bertz CT molecular complexity index is 1300. The Kier molecular flexibility index (Phi) is 5.81. The number of hydrogen-bond acceptors (Lipinski definition) is 4. The molecule has 0 radical (unpaired) electrons. The number of carbonyl (C=O) groups is 2. The molecular formula is C28H28N2O3. The van der Waals surface area contributed by atoms with Gasteiger partial charge in [0.1, 0.15) is 11.4 Å². The molecule has 2 amide bonds. The van der Waals surface area contributed by atoms with Gasteiger partial charge >= 0.3 is 0 Å². The lowest BCUT2D eigenvalue weighted by atomic mass is 9.99. The number of amides is 2. The molecule has 1 aliphatic rings. The van der Waals surface area contributed by atoms with Crippen LogP contribution >= 0.6 is 0 Å². The summed E-state index contributed by atoms with van der Waals surface area (Å²) >= 11 is 0. The van der Waals surface area contributed by atoms with Crippen LogP contribution in [0, 0.1) is 34.6 Å². The van der Waals surface area contributed by atoms with Gasteiger partial charge < -0.3 is 10.1 Å². The third kappa shape index (κ3) is 4.14. The van der Waals surface area contributed by atoms with E-state index >= 15 is 0 Å². The second-order valence-electron chi connectivity index (χ2n) is 8.67. The Morgan fingerprint density at radius 3 is 2.06 bits per heavy atom. The topological polar surface area (TPSA) is 58.6 Å². The SMILES string of the molecule is COc1ccc(C)cc1NC1=C(c2ccc(C)c(C)c2)C(=O)N(c2cc(C)cc(C)c2)C1=O. The number of anilines is 2. The summed E-state index contributed by atoms with van der Waals surface area (Å²) in [5.74, 6) is -0.137. The van der Waals surface area contributed by atoms with E-state index < -0.39 is 0 Å². The first-order valence-corrected chi connectivity index (χ1v) is 10.9. The largest absolute Gasteiger partial charge is 0.495 e. The van der Waals surface area contributed by atoms with Gasteiger partial charge in [0.25, 0.3) is 11.8 Å². The molecule has 0 atom stereocenters. The van der Waals surface area contributed by atoms with Gasteiger partial charge in [0.05, 0.1) is 24.1 Å². The Morgan fingerprint density at radius 2 is 1.42 bits per heavy atom. The van der Waals surface area contributed by atoms with Gasteiger partial charge in [-0.1, -0.05) is 30.3 Å². The van der Waals surface area contributed by atoms with Gasteiger partial charge in [-0.25, -0.2) is 4.90 Å². The number of methoxy groups -OCH3 is 1. The lowest BCUT2D eigenvalue weighted by Crippen LogP contribution is -2.32. The van der Waals surface area contributed by atoms with Gasteiger partial charge in [-0.2, -0.15) is 0 Å². The first-order valence-electron chi connectivity index (χ1n) is 10.9. The van der Waals surface area contributed by atoms with E-state index in [1.807, 2.05) is 89.2 Å². The third-order valence-corrected chi connectivity index (χ3v) is 5.96. The number of carbonyl (C=O) groups excluding carboxylic acids is 2. The summed E-state index contributed by atoms with van der Waals surface area (Å²) in [7, 11) is 1.58. The first-order chi connectivity index (χ1) is 15.7. The number of nitrogens with zero attached hydrogens (tertiary/aromatic N) is 1. The zero-order chi connectivity index (χ0) is 23.9. The molecule has 0 saturated carbocycles. The van der Waals surface area contributed by atoms with Gasteiger partial charge in [0, 0.05) is 0 Å². The summed E-state index contributed by atoms with van der Waals surface area (Å²) in [6.45, 7) is 9.89. The molecule has 33 heavy (non-hydrogen) atoms. The summed E-state index contributed by atoms with van der Waals surface area (Å²) in [5.41, 5.74) is 7.66. The number of ether oxygens (including phenoxy) is 1. The van der Waals surface area contributed by atoms with Crippen LogP contribution in [-0.2, 0) is 9.59 Å². The lowest BCUT2D eigenvalue weighted by molar-refractivity contribution is -0.120. The van der Waals surface area contributed by atoms with E-state index in [2.05, 4.69) is 5.32 Å². The van der Waals surface area contributed by atoms with E-state index in [4.69, 9.17) is 4.74 Å². The van der Waals surface area contributed by atoms with E-state index in [9.17, 15) is 9.59 Å². The molecule has 1 aliphatic heterocycles. The molecule has 5 nitrogen and oxygen atoms in total. The fourth-order valence-electron chi connectivity index (χ4n) is 4.18. The minimum Gasteiger partial charge on any atom is -0.495 e. The van der Waals surface area contributed by atoms with Crippen molar-refractivity contribution in [3.8, 4) is 5.75 Å². The van der Waals surface area contributed by atoms with E-state index in [1.165, 1.54) is 4.90 Å². The molecule has 1 N–H and O–H groups in total. The minimum atomic E-state index is -0.387. The second-order valence-corrected chi connectivity index (χ2v) is 8.67. The van der Waals surface area contributed by atoms with Crippen molar-refractivity contribution >= 4 is 28.8 Å². The normalized spacial score (nSPS) is 13.7. The molecule has 0 fully saturated rings. The molecule has 0 saturated heterocycles. The maximum absolute atomic E-state index is 13.7. The van der Waals surface area contributed by atoms with Crippen LogP contribution in [0.1, 0.15) is 33.4 Å². The second kappa shape index (κ2) is 8.58. The van der Waals surface area contributed by atoms with Crippen molar-refractivity contribution in [2.45, 2.75) is 34.6 Å². The van der Waals surface area contributed by atoms with Crippen LogP contribution in [0.2, 0.25) is 0 Å². The molecule has 4 rings (SSSR count). The first kappa shape index (κ1) is 22.3. The fourth-order valence-corrected chi connectivity index (χ4v) is 4.18. The van der Waals surface area contributed by atoms with Crippen LogP contribution in [0.3, 0.4) is 0 Å². The molecule has 168 valence electrons. The summed E-state index contributed by atoms with van der Waals surface area (Å²) in [5, 5.41) is 3.24. The van der Waals surface area contributed by atoms with Crippen molar-refractivity contribution in [3.05, 3.63) is 93.7 Å². The number of imide groups is 1. The molecule has 3 aromatic rings. The van der Waals surface area contributed by atoms with Crippen LogP contribution in [0.15, 0.2) is 60.3 Å². The predicted molar refractivity (Wildman–Crippen MR) is 133 cm³/mol. The Morgan fingerprint density at radius 1 is 0.727 bits per heavy atom. The summed E-state index contributed by atoms with van der Waals surface area (Å²) in [6.07, 6.45) is 0. The standard InChI is InChI=1S/C28H28N2O3/c1-16-7-10-24(33-6)23(14-16)29-26-25(21-9-8-19(4)20(5)15-21)27(31)30(28(26)32)22-12-17(2)11-18(3)13-22/h7-15,29H,1-6H3. The van der Waals surface area contributed by atoms with Gasteiger partial charge in [0.2, 0.25) is 0 Å².